The van der Waals surface area contributed by atoms with Crippen LogP contribution in [0.5, 0.6) is 0 Å². The summed E-state index contributed by atoms with van der Waals surface area (Å²) in [5.74, 6) is 0.528. The molecular formula is C9H11N3O5S. The summed E-state index contributed by atoms with van der Waals surface area (Å²) in [6, 6.07) is 2.67. The molecule has 0 saturated heterocycles. The minimum atomic E-state index is -3.72. The second-order valence-electron chi connectivity index (χ2n) is 3.36. The third-order valence-corrected chi connectivity index (χ3v) is 3.43. The van der Waals surface area contributed by atoms with Crippen molar-refractivity contribution in [2.45, 2.75) is 18.1 Å². The molecule has 98 valence electrons. The topological polar surface area (TPSA) is 118 Å². The number of furan rings is 1. The zero-order valence-electron chi connectivity index (χ0n) is 9.24. The van der Waals surface area contributed by atoms with Crippen molar-refractivity contribution in [3.8, 4) is 0 Å². The molecule has 0 fully saturated rings. The van der Waals surface area contributed by atoms with Crippen LogP contribution in [0.25, 0.3) is 0 Å². The van der Waals surface area contributed by atoms with Crippen LogP contribution >= 0.6 is 0 Å². The maximum Gasteiger partial charge on any atom is 0.273 e. The molecule has 0 radical (unpaired) electrons. The fourth-order valence-electron chi connectivity index (χ4n) is 1.26. The molecule has 0 aliphatic heterocycles. The number of hydrogen-bond acceptors (Lipinski definition) is 7. The Hall–Kier alpha value is -1.71. The van der Waals surface area contributed by atoms with E-state index in [1.165, 1.54) is 18.5 Å². The van der Waals surface area contributed by atoms with Crippen LogP contribution in [-0.2, 0) is 23.1 Å². The summed E-state index contributed by atoms with van der Waals surface area (Å²) in [7, 11) is -3.72. The maximum absolute atomic E-state index is 11.7. The quantitative estimate of drug-likeness (QED) is 0.740. The molecule has 2 heterocycles. The summed E-state index contributed by atoms with van der Waals surface area (Å²) in [5.41, 5.74) is 0. The number of nitrogens with one attached hydrogen (secondary N) is 1. The lowest BCUT2D eigenvalue weighted by Gasteiger charge is -2.01. The lowest BCUT2D eigenvalue weighted by atomic mass is 10.4. The van der Waals surface area contributed by atoms with Crippen LogP contribution in [0.1, 0.15) is 11.7 Å². The minimum absolute atomic E-state index is 0.111. The van der Waals surface area contributed by atoms with Gasteiger partial charge in [0.05, 0.1) is 0 Å². The Kier molecular flexibility index (Phi) is 3.75. The van der Waals surface area contributed by atoms with Crippen molar-refractivity contribution < 1.29 is 22.5 Å². The van der Waals surface area contributed by atoms with Crippen LogP contribution in [0, 0.1) is 0 Å². The van der Waals surface area contributed by atoms with Gasteiger partial charge in [-0.05, 0) is 12.1 Å². The van der Waals surface area contributed by atoms with Gasteiger partial charge < -0.3 is 14.0 Å². The molecule has 0 atom stereocenters. The number of aliphatic hydroxyl groups is 1. The van der Waals surface area contributed by atoms with Crippen LogP contribution in [0.2, 0.25) is 0 Å². The molecule has 0 aromatic carbocycles. The van der Waals surface area contributed by atoms with Crippen molar-refractivity contribution in [3.05, 3.63) is 30.1 Å². The van der Waals surface area contributed by atoms with Gasteiger partial charge in [0.25, 0.3) is 10.0 Å². The highest BCUT2D eigenvalue weighted by molar-refractivity contribution is 7.89. The van der Waals surface area contributed by atoms with E-state index in [0.29, 0.717) is 5.89 Å². The first-order chi connectivity index (χ1) is 8.62. The first-order valence-corrected chi connectivity index (χ1v) is 6.55. The van der Waals surface area contributed by atoms with Crippen LogP contribution in [0.15, 0.2) is 32.5 Å². The van der Waals surface area contributed by atoms with Crippen LogP contribution in [0.3, 0.4) is 0 Å². The van der Waals surface area contributed by atoms with Gasteiger partial charge in [0.15, 0.2) is 6.33 Å². The van der Waals surface area contributed by atoms with E-state index >= 15 is 0 Å². The highest BCUT2D eigenvalue weighted by atomic mass is 32.2. The lowest BCUT2D eigenvalue weighted by molar-refractivity contribution is 0.236. The summed E-state index contributed by atoms with van der Waals surface area (Å²) < 4.78 is 35.5. The highest BCUT2D eigenvalue weighted by Gasteiger charge is 2.18. The fourth-order valence-corrected chi connectivity index (χ4v) is 2.23. The molecule has 0 unspecified atom stereocenters. The summed E-state index contributed by atoms with van der Waals surface area (Å²) in [5, 5.41) is 11.9. The van der Waals surface area contributed by atoms with Gasteiger partial charge in [-0.25, -0.2) is 13.1 Å². The first kappa shape index (κ1) is 12.7. The molecule has 0 aliphatic carbocycles. The van der Waals surface area contributed by atoms with E-state index in [-0.39, 0.29) is 30.4 Å². The summed E-state index contributed by atoms with van der Waals surface area (Å²) in [4.78, 5) is 3.76. The van der Waals surface area contributed by atoms with Crippen molar-refractivity contribution in [1.82, 2.24) is 14.9 Å². The van der Waals surface area contributed by atoms with Gasteiger partial charge in [0.1, 0.15) is 12.4 Å². The average molecular weight is 273 g/mol. The number of aliphatic hydroxyl groups excluding tert-OH is 1. The molecule has 9 heteroatoms. The molecule has 2 aromatic rings. The van der Waals surface area contributed by atoms with Gasteiger partial charge in [0, 0.05) is 13.0 Å². The lowest BCUT2D eigenvalue weighted by Crippen LogP contribution is -2.25. The second-order valence-corrected chi connectivity index (χ2v) is 5.06. The number of hydrogen-bond donors (Lipinski definition) is 2. The number of sulfonamides is 1. The molecular weight excluding hydrogens is 262 g/mol. The van der Waals surface area contributed by atoms with E-state index in [0.717, 1.165) is 0 Å². The maximum atomic E-state index is 11.7. The summed E-state index contributed by atoms with van der Waals surface area (Å²) >= 11 is 0. The van der Waals surface area contributed by atoms with Crippen LogP contribution < -0.4 is 4.72 Å². The molecule has 0 spiro atoms. The van der Waals surface area contributed by atoms with E-state index in [1.807, 2.05) is 0 Å². The Bertz CT molecular complexity index is 590. The third-order valence-electron chi connectivity index (χ3n) is 2.10. The van der Waals surface area contributed by atoms with Crippen molar-refractivity contribution in [2.75, 3.05) is 6.54 Å². The second kappa shape index (κ2) is 5.29. The number of aromatic nitrogens is 2. The molecule has 2 rings (SSSR count). The van der Waals surface area contributed by atoms with Crippen molar-refractivity contribution >= 4 is 10.0 Å². The smallest absolute Gasteiger partial charge is 0.273 e. The standard InChI is InChI=1S/C9H11N3O5S/c13-5-7-1-2-9(16-7)18(14,15)12-4-3-8-10-6-11-17-8/h1-2,6,12-13H,3-5H2. The van der Waals surface area contributed by atoms with Crippen LogP contribution in [-0.4, -0.2) is 30.2 Å². The van der Waals surface area contributed by atoms with Gasteiger partial charge >= 0.3 is 0 Å². The predicted molar refractivity (Wildman–Crippen MR) is 57.8 cm³/mol. The Balaban J connectivity index is 1.95. The van der Waals surface area contributed by atoms with E-state index in [2.05, 4.69) is 14.9 Å². The number of rotatable bonds is 6. The summed E-state index contributed by atoms with van der Waals surface area (Å²) in [6.45, 7) is -0.239. The Morgan fingerprint density at radius 2 is 2.22 bits per heavy atom. The first-order valence-electron chi connectivity index (χ1n) is 5.06. The van der Waals surface area contributed by atoms with Gasteiger partial charge in [-0.2, -0.15) is 4.98 Å². The molecule has 2 N–H and O–H groups in total. The zero-order valence-corrected chi connectivity index (χ0v) is 10.1. The molecule has 2 aromatic heterocycles. The Morgan fingerprint density at radius 1 is 1.39 bits per heavy atom. The largest absolute Gasteiger partial charge is 0.446 e. The normalized spacial score (nSPS) is 11.8. The monoisotopic (exact) mass is 273 g/mol. The van der Waals surface area contributed by atoms with Crippen molar-refractivity contribution in [1.29, 1.82) is 0 Å². The average Bonchev–Trinajstić information content (AvgIpc) is 2.99. The van der Waals surface area contributed by atoms with Gasteiger partial charge in [-0.1, -0.05) is 5.16 Å². The summed E-state index contributed by atoms with van der Waals surface area (Å²) in [6.07, 6.45) is 1.52. The Morgan fingerprint density at radius 3 is 2.83 bits per heavy atom. The molecule has 0 aliphatic rings. The molecule has 0 saturated carbocycles. The van der Waals surface area contributed by atoms with E-state index < -0.39 is 10.0 Å². The van der Waals surface area contributed by atoms with E-state index in [9.17, 15) is 8.42 Å². The third kappa shape index (κ3) is 2.94. The van der Waals surface area contributed by atoms with Gasteiger partial charge in [-0.3, -0.25) is 0 Å². The molecule has 18 heavy (non-hydrogen) atoms. The molecule has 0 amide bonds. The highest BCUT2D eigenvalue weighted by Crippen LogP contribution is 2.13. The molecule has 0 bridgehead atoms. The van der Waals surface area contributed by atoms with E-state index in [1.54, 1.807) is 0 Å². The zero-order chi connectivity index (χ0) is 13.0. The van der Waals surface area contributed by atoms with Crippen LogP contribution in [0.4, 0.5) is 0 Å². The van der Waals surface area contributed by atoms with Crippen molar-refractivity contribution in [2.24, 2.45) is 0 Å². The minimum Gasteiger partial charge on any atom is -0.446 e. The SMILES string of the molecule is O=S(=O)(NCCc1ncno1)c1ccc(CO)o1. The predicted octanol–water partition coefficient (Wildman–Crippen LogP) is -0.324. The molecule has 8 nitrogen and oxygen atoms in total. The van der Waals surface area contributed by atoms with Crippen molar-refractivity contribution in [3.63, 3.8) is 0 Å². The number of nitrogens with zero attached hydrogens (tertiary/aromatic N) is 2. The van der Waals surface area contributed by atoms with Gasteiger partial charge in [-0.15, -0.1) is 0 Å². The van der Waals surface area contributed by atoms with E-state index in [4.69, 9.17) is 14.0 Å². The van der Waals surface area contributed by atoms with Gasteiger partial charge in [0.2, 0.25) is 11.0 Å². The Labute approximate surface area is 103 Å². The fraction of sp³-hybridized carbons (Fsp3) is 0.333.